The van der Waals surface area contributed by atoms with Crippen LogP contribution >= 0.6 is 15.9 Å². The number of aryl methyl sites for hydroxylation is 1. The van der Waals surface area contributed by atoms with Crippen LogP contribution in [-0.4, -0.2) is 36.0 Å². The molecule has 150 valence electrons. The molecule has 0 aliphatic heterocycles. The van der Waals surface area contributed by atoms with Gasteiger partial charge in [-0.3, -0.25) is 14.4 Å². The molecule has 0 saturated carbocycles. The number of ether oxygens (including phenoxy) is 1. The van der Waals surface area contributed by atoms with E-state index in [4.69, 9.17) is 0 Å². The fourth-order valence-corrected chi connectivity index (χ4v) is 3.77. The van der Waals surface area contributed by atoms with E-state index < -0.39 is 5.97 Å². The van der Waals surface area contributed by atoms with Gasteiger partial charge in [-0.25, -0.2) is 0 Å². The van der Waals surface area contributed by atoms with E-state index in [2.05, 4.69) is 31.3 Å². The van der Waals surface area contributed by atoms with Crippen LogP contribution in [0.3, 0.4) is 0 Å². The molecule has 2 aromatic carbocycles. The highest BCUT2D eigenvalue weighted by Crippen LogP contribution is 2.30. The zero-order valence-electron chi connectivity index (χ0n) is 16.0. The Balaban J connectivity index is 1.66. The number of hydrogen-bond acceptors (Lipinski definition) is 4. The van der Waals surface area contributed by atoms with Crippen molar-refractivity contribution in [2.45, 2.75) is 6.42 Å². The number of carbonyl (C=O) groups is 3. The van der Waals surface area contributed by atoms with E-state index in [9.17, 15) is 14.4 Å². The summed E-state index contributed by atoms with van der Waals surface area (Å²) in [6.07, 6.45) is 0.125. The highest BCUT2D eigenvalue weighted by Gasteiger charge is 2.19. The number of fused-ring (bicyclic) bond motifs is 1. The Morgan fingerprint density at radius 3 is 2.41 bits per heavy atom. The molecule has 0 radical (unpaired) electrons. The van der Waals surface area contributed by atoms with E-state index in [0.29, 0.717) is 11.4 Å². The molecular weight excluding hydrogens is 438 g/mol. The van der Waals surface area contributed by atoms with Crippen molar-refractivity contribution in [3.8, 4) is 0 Å². The van der Waals surface area contributed by atoms with Crippen LogP contribution in [-0.2, 0) is 27.8 Å². The fraction of sp³-hybridized carbons (Fsp3) is 0.190. The summed E-state index contributed by atoms with van der Waals surface area (Å²) in [5.41, 5.74) is 2.86. The first-order valence-corrected chi connectivity index (χ1v) is 9.66. The number of amides is 2. The van der Waals surface area contributed by atoms with E-state index in [1.165, 1.54) is 7.11 Å². The summed E-state index contributed by atoms with van der Waals surface area (Å²) in [4.78, 5) is 35.7. The van der Waals surface area contributed by atoms with Gasteiger partial charge >= 0.3 is 5.97 Å². The Kier molecular flexibility index (Phi) is 6.33. The zero-order valence-corrected chi connectivity index (χ0v) is 17.6. The number of hydrogen-bond donors (Lipinski definition) is 2. The molecular formula is C21H20BrN3O4. The molecule has 0 aliphatic carbocycles. The lowest BCUT2D eigenvalue weighted by Crippen LogP contribution is -2.31. The molecule has 1 heterocycles. The standard InChI is InChI=1S/C21H20BrN3O4/c1-25-16-6-4-3-5-15(16)19(22)20(25)21(28)24-14-9-7-13(8-10-14)11-17(26)23-12-18(27)29-2/h3-10H,11-12H2,1-2H3,(H,23,26)(H,24,28). The molecule has 0 unspecified atom stereocenters. The van der Waals surface area contributed by atoms with Crippen molar-refractivity contribution >= 4 is 50.3 Å². The second-order valence-electron chi connectivity index (χ2n) is 6.42. The molecule has 8 heteroatoms. The molecule has 2 amide bonds. The lowest BCUT2D eigenvalue weighted by Gasteiger charge is -2.09. The van der Waals surface area contributed by atoms with E-state index in [-0.39, 0.29) is 24.8 Å². The summed E-state index contributed by atoms with van der Waals surface area (Å²) < 4.78 is 7.06. The first-order chi connectivity index (χ1) is 13.9. The van der Waals surface area contributed by atoms with Gasteiger partial charge in [-0.1, -0.05) is 30.3 Å². The topological polar surface area (TPSA) is 89.4 Å². The van der Waals surface area contributed by atoms with E-state index in [1.54, 1.807) is 24.3 Å². The number of benzene rings is 2. The summed E-state index contributed by atoms with van der Waals surface area (Å²) in [6, 6.07) is 14.7. The largest absolute Gasteiger partial charge is 0.468 e. The SMILES string of the molecule is COC(=O)CNC(=O)Cc1ccc(NC(=O)c2c(Br)c3ccccc3n2C)cc1. The number of methoxy groups -OCH3 is 1. The van der Waals surface area contributed by atoms with Gasteiger partial charge in [0.05, 0.1) is 18.0 Å². The summed E-state index contributed by atoms with van der Waals surface area (Å²) in [5.74, 6) is -1.03. The van der Waals surface area contributed by atoms with E-state index in [1.807, 2.05) is 35.9 Å². The number of carbonyl (C=O) groups excluding carboxylic acids is 3. The monoisotopic (exact) mass is 457 g/mol. The van der Waals surface area contributed by atoms with Crippen LogP contribution in [0.15, 0.2) is 53.0 Å². The molecule has 1 aromatic heterocycles. The van der Waals surface area contributed by atoms with Crippen molar-refractivity contribution in [2.75, 3.05) is 19.0 Å². The van der Waals surface area contributed by atoms with Crippen molar-refractivity contribution in [3.63, 3.8) is 0 Å². The van der Waals surface area contributed by atoms with Gasteiger partial charge in [0, 0.05) is 23.6 Å². The first kappa shape index (κ1) is 20.6. The maximum absolute atomic E-state index is 12.8. The third-order valence-electron chi connectivity index (χ3n) is 4.49. The van der Waals surface area contributed by atoms with Crippen LogP contribution in [0.25, 0.3) is 10.9 Å². The highest BCUT2D eigenvalue weighted by molar-refractivity contribution is 9.10. The second kappa shape index (κ2) is 8.91. The van der Waals surface area contributed by atoms with Crippen molar-refractivity contribution in [1.29, 1.82) is 0 Å². The summed E-state index contributed by atoms with van der Waals surface area (Å²) >= 11 is 3.53. The predicted octanol–water partition coefficient (Wildman–Crippen LogP) is 3.02. The minimum Gasteiger partial charge on any atom is -0.468 e. The molecule has 29 heavy (non-hydrogen) atoms. The summed E-state index contributed by atoms with van der Waals surface area (Å²) in [7, 11) is 3.11. The van der Waals surface area contributed by atoms with Gasteiger partial charge in [0.1, 0.15) is 12.2 Å². The van der Waals surface area contributed by atoms with Crippen LogP contribution < -0.4 is 10.6 Å². The Hall–Kier alpha value is -3.13. The quantitative estimate of drug-likeness (QED) is 0.556. The van der Waals surface area contributed by atoms with E-state index in [0.717, 1.165) is 20.9 Å². The number of nitrogens with one attached hydrogen (secondary N) is 2. The molecule has 0 spiro atoms. The van der Waals surface area contributed by atoms with Gasteiger partial charge in [0.25, 0.3) is 5.91 Å². The molecule has 2 N–H and O–H groups in total. The fourth-order valence-electron chi connectivity index (χ4n) is 2.99. The van der Waals surface area contributed by atoms with Crippen LogP contribution in [0.1, 0.15) is 16.1 Å². The summed E-state index contributed by atoms with van der Waals surface area (Å²) in [5, 5.41) is 6.33. The molecule has 3 rings (SSSR count). The third-order valence-corrected chi connectivity index (χ3v) is 5.30. The van der Waals surface area contributed by atoms with Crippen molar-refractivity contribution in [1.82, 2.24) is 9.88 Å². The van der Waals surface area contributed by atoms with Gasteiger partial charge in [-0.2, -0.15) is 0 Å². The first-order valence-electron chi connectivity index (χ1n) is 8.87. The minimum absolute atomic E-state index is 0.125. The molecule has 7 nitrogen and oxygen atoms in total. The zero-order chi connectivity index (χ0) is 21.0. The maximum atomic E-state index is 12.8. The average molecular weight is 458 g/mol. The van der Waals surface area contributed by atoms with Gasteiger partial charge in [-0.15, -0.1) is 0 Å². The van der Waals surface area contributed by atoms with Crippen molar-refractivity contribution < 1.29 is 19.1 Å². The molecule has 0 saturated heterocycles. The van der Waals surface area contributed by atoms with Crippen molar-refractivity contribution in [2.24, 2.45) is 7.05 Å². The number of esters is 1. The maximum Gasteiger partial charge on any atom is 0.325 e. The Labute approximate surface area is 176 Å². The lowest BCUT2D eigenvalue weighted by molar-refractivity contribution is -0.141. The van der Waals surface area contributed by atoms with Crippen molar-refractivity contribution in [3.05, 3.63) is 64.3 Å². The molecule has 3 aromatic rings. The smallest absolute Gasteiger partial charge is 0.325 e. The average Bonchev–Trinajstić information content (AvgIpc) is 2.98. The summed E-state index contributed by atoms with van der Waals surface area (Å²) in [6.45, 7) is -0.163. The molecule has 0 atom stereocenters. The number of nitrogens with zero attached hydrogens (tertiary/aromatic N) is 1. The third kappa shape index (κ3) is 4.65. The second-order valence-corrected chi connectivity index (χ2v) is 7.21. The van der Waals surface area contributed by atoms with Gasteiger partial charge in [0.15, 0.2) is 0 Å². The van der Waals surface area contributed by atoms with Gasteiger partial charge in [0.2, 0.25) is 5.91 Å². The minimum atomic E-state index is -0.504. The van der Waals surface area contributed by atoms with Gasteiger partial charge in [-0.05, 0) is 39.7 Å². The van der Waals surface area contributed by atoms with Gasteiger partial charge < -0.3 is 19.9 Å². The van der Waals surface area contributed by atoms with E-state index >= 15 is 0 Å². The van der Waals surface area contributed by atoms with Crippen LogP contribution in [0, 0.1) is 0 Å². The number of anilines is 1. The van der Waals surface area contributed by atoms with Crippen LogP contribution in [0.5, 0.6) is 0 Å². The molecule has 0 aliphatic rings. The number of rotatable bonds is 6. The molecule has 0 bridgehead atoms. The Morgan fingerprint density at radius 2 is 1.76 bits per heavy atom. The van der Waals surface area contributed by atoms with Crippen LogP contribution in [0.4, 0.5) is 5.69 Å². The Bertz CT molecular complexity index is 1030. The highest BCUT2D eigenvalue weighted by atomic mass is 79.9. The Morgan fingerprint density at radius 1 is 1.07 bits per heavy atom. The number of aromatic nitrogens is 1. The number of halogens is 1. The van der Waals surface area contributed by atoms with Crippen LogP contribution in [0.2, 0.25) is 0 Å². The molecule has 0 fully saturated rings. The predicted molar refractivity (Wildman–Crippen MR) is 114 cm³/mol. The lowest BCUT2D eigenvalue weighted by atomic mass is 10.1. The normalized spacial score (nSPS) is 10.6. The number of para-hydroxylation sites is 1.